The molecule has 0 spiro atoms. The van der Waals surface area contributed by atoms with Gasteiger partial charge in [0.05, 0.1) is 0 Å². The average Bonchev–Trinajstić information content (AvgIpc) is 1.82. The summed E-state index contributed by atoms with van der Waals surface area (Å²) in [5, 5.41) is 69.0. The molecule has 14 heavy (non-hydrogen) atoms. The van der Waals surface area contributed by atoms with Gasteiger partial charge < -0.3 is 53.3 Å². The third kappa shape index (κ3) is 2.71. The molecular weight excluding hydrogens is 242 g/mol. The molecule has 10 heteroatoms. The van der Waals surface area contributed by atoms with Gasteiger partial charge in [0.15, 0.2) is 0 Å². The number of hydrogen-bond acceptors (Lipinski definition) is 8. The zero-order chi connectivity index (χ0) is 10.8. The van der Waals surface area contributed by atoms with Gasteiger partial charge in [-0.25, -0.2) is 0 Å². The Morgan fingerprint density at radius 2 is 0.643 bits per heavy atom. The molecule has 0 aromatic heterocycles. The first-order chi connectivity index (χ1) is 5.77. The molecule has 0 aliphatic rings. The van der Waals surface area contributed by atoms with Crippen molar-refractivity contribution in [3.8, 4) is 0 Å². The highest BCUT2D eigenvalue weighted by Gasteiger charge is 2.64. The van der Waals surface area contributed by atoms with E-state index in [2.05, 4.69) is 0 Å². The standard InChI is InChI=1S/C4H12O8P.ClH/c5-1(6)13(2(7)8,3(9)10)4(11)12;/h1-12H;1H/q+1;/p-1. The number of rotatable bonds is 4. The van der Waals surface area contributed by atoms with Crippen LogP contribution in [0.5, 0.6) is 0 Å². The van der Waals surface area contributed by atoms with Gasteiger partial charge in [0.2, 0.25) is 7.26 Å². The molecule has 0 fully saturated rings. The highest BCUT2D eigenvalue weighted by Crippen LogP contribution is 2.68. The van der Waals surface area contributed by atoms with E-state index in [1.807, 2.05) is 0 Å². The third-order valence-corrected chi connectivity index (χ3v) is 4.80. The second-order valence-corrected chi connectivity index (χ2v) is 5.92. The van der Waals surface area contributed by atoms with Gasteiger partial charge in [0.25, 0.3) is 24.1 Å². The van der Waals surface area contributed by atoms with Crippen LogP contribution in [-0.4, -0.2) is 65.0 Å². The van der Waals surface area contributed by atoms with Gasteiger partial charge in [0, 0.05) is 0 Å². The van der Waals surface area contributed by atoms with Crippen LogP contribution in [0.4, 0.5) is 0 Å². The summed E-state index contributed by atoms with van der Waals surface area (Å²) in [5.41, 5.74) is 0. The molecule has 0 saturated heterocycles. The van der Waals surface area contributed by atoms with Crippen LogP contribution < -0.4 is 12.4 Å². The highest BCUT2D eigenvalue weighted by molar-refractivity contribution is 7.76. The van der Waals surface area contributed by atoms with E-state index in [4.69, 9.17) is 40.9 Å². The maximum Gasteiger partial charge on any atom is 0.284 e. The first-order valence-corrected chi connectivity index (χ1v) is 5.16. The summed E-state index contributed by atoms with van der Waals surface area (Å²) in [5.74, 6) is 0. The highest BCUT2D eigenvalue weighted by atomic mass is 35.5. The number of aliphatic hydroxyl groups is 8. The summed E-state index contributed by atoms with van der Waals surface area (Å²) < 4.78 is 0. The molecule has 8 N–H and O–H groups in total. The first kappa shape index (κ1) is 16.8. The molecule has 0 heterocycles. The van der Waals surface area contributed by atoms with Crippen molar-refractivity contribution in [1.82, 2.24) is 0 Å². The second kappa shape index (κ2) is 6.09. The van der Waals surface area contributed by atoms with Crippen LogP contribution in [0.15, 0.2) is 0 Å². The monoisotopic (exact) mass is 254 g/mol. The minimum atomic E-state index is -4.34. The number of halogens is 1. The molecule has 0 aliphatic heterocycles. The van der Waals surface area contributed by atoms with E-state index in [1.165, 1.54) is 0 Å². The van der Waals surface area contributed by atoms with Crippen molar-refractivity contribution >= 4 is 7.26 Å². The lowest BCUT2D eigenvalue weighted by Crippen LogP contribution is -3.00. The summed E-state index contributed by atoms with van der Waals surface area (Å²) >= 11 is 0. The lowest BCUT2D eigenvalue weighted by atomic mass is 11.4. The van der Waals surface area contributed by atoms with Crippen molar-refractivity contribution in [2.45, 2.75) is 24.1 Å². The lowest BCUT2D eigenvalue weighted by molar-refractivity contribution is -0.0698. The van der Waals surface area contributed by atoms with Gasteiger partial charge in [0.1, 0.15) is 0 Å². The Bertz CT molecular complexity index is 124. The minimum Gasteiger partial charge on any atom is -1.00 e. The largest absolute Gasteiger partial charge is 1.00 e. The molecule has 8 nitrogen and oxygen atoms in total. The summed E-state index contributed by atoms with van der Waals surface area (Å²) in [6.45, 7) is 0. The topological polar surface area (TPSA) is 162 Å². The Morgan fingerprint density at radius 3 is 0.643 bits per heavy atom. The summed E-state index contributed by atoms with van der Waals surface area (Å²) in [7, 11) is -4.34. The summed E-state index contributed by atoms with van der Waals surface area (Å²) in [4.78, 5) is 0. The van der Waals surface area contributed by atoms with Crippen LogP contribution in [0, 0.1) is 0 Å². The van der Waals surface area contributed by atoms with Crippen molar-refractivity contribution in [3.63, 3.8) is 0 Å². The van der Waals surface area contributed by atoms with Crippen molar-refractivity contribution in [2.75, 3.05) is 0 Å². The Balaban J connectivity index is 0. The molecule has 0 rings (SSSR count). The maximum atomic E-state index is 8.62. The third-order valence-electron chi connectivity index (χ3n) is 1.60. The van der Waals surface area contributed by atoms with E-state index >= 15 is 0 Å². The van der Waals surface area contributed by atoms with Crippen LogP contribution in [0.3, 0.4) is 0 Å². The molecule has 0 amide bonds. The predicted molar refractivity (Wildman–Crippen MR) is 39.8 cm³/mol. The normalized spacial score (nSPS) is 12.9. The fourth-order valence-corrected chi connectivity index (χ4v) is 2.15. The zero-order valence-corrected chi connectivity index (χ0v) is 8.36. The van der Waals surface area contributed by atoms with E-state index in [-0.39, 0.29) is 12.4 Å². The average molecular weight is 255 g/mol. The molecule has 0 saturated carbocycles. The maximum absolute atomic E-state index is 8.62. The van der Waals surface area contributed by atoms with Crippen LogP contribution in [0.2, 0.25) is 0 Å². The smallest absolute Gasteiger partial charge is 0.284 e. The fourth-order valence-electron chi connectivity index (χ4n) is 0.716. The van der Waals surface area contributed by atoms with Gasteiger partial charge in [-0.3, -0.25) is 0 Å². The van der Waals surface area contributed by atoms with Crippen LogP contribution in [0.25, 0.3) is 0 Å². The van der Waals surface area contributed by atoms with E-state index in [0.29, 0.717) is 0 Å². The van der Waals surface area contributed by atoms with Crippen molar-refractivity contribution < 1.29 is 53.3 Å². The van der Waals surface area contributed by atoms with Crippen molar-refractivity contribution in [2.24, 2.45) is 0 Å². The molecule has 0 aliphatic carbocycles. The molecule has 0 unspecified atom stereocenters. The Kier molecular flexibility index (Phi) is 7.31. The quantitative estimate of drug-likeness (QED) is 0.181. The van der Waals surface area contributed by atoms with Crippen LogP contribution in [-0.2, 0) is 0 Å². The fraction of sp³-hybridized carbons (Fsp3) is 1.00. The molecule has 0 aromatic carbocycles. The van der Waals surface area contributed by atoms with Crippen molar-refractivity contribution in [3.05, 3.63) is 0 Å². The molecule has 0 atom stereocenters. The van der Waals surface area contributed by atoms with Gasteiger partial charge in [-0.2, -0.15) is 0 Å². The van der Waals surface area contributed by atoms with Gasteiger partial charge in [-0.15, -0.1) is 0 Å². The molecule has 0 bridgehead atoms. The Morgan fingerprint density at radius 1 is 0.500 bits per heavy atom. The SMILES string of the molecule is OC(O)[P+](C(O)O)(C(O)O)C(O)O.[Cl-]. The number of aliphatic hydroxyl groups excluding tert-OH is 4. The van der Waals surface area contributed by atoms with Crippen LogP contribution in [0.1, 0.15) is 0 Å². The number of hydrogen-bond donors (Lipinski definition) is 8. The van der Waals surface area contributed by atoms with E-state index in [9.17, 15) is 0 Å². The zero-order valence-electron chi connectivity index (χ0n) is 6.71. The molecule has 0 aromatic rings. The van der Waals surface area contributed by atoms with Crippen LogP contribution >= 0.6 is 7.26 Å². The molecule has 0 radical (unpaired) electrons. The van der Waals surface area contributed by atoms with Gasteiger partial charge >= 0.3 is 0 Å². The summed E-state index contributed by atoms with van der Waals surface area (Å²) in [6, 6.07) is -10.5. The van der Waals surface area contributed by atoms with E-state index in [1.54, 1.807) is 0 Å². The molecule has 88 valence electrons. The van der Waals surface area contributed by atoms with E-state index in [0.717, 1.165) is 0 Å². The lowest BCUT2D eigenvalue weighted by Gasteiger charge is -2.30. The Labute approximate surface area is 85.4 Å². The second-order valence-electron chi connectivity index (χ2n) is 2.28. The Hall–Kier alpha value is 0.400. The summed E-state index contributed by atoms with van der Waals surface area (Å²) in [6.07, 6.45) is 0. The van der Waals surface area contributed by atoms with Gasteiger partial charge in [-0.05, 0) is 0 Å². The van der Waals surface area contributed by atoms with Gasteiger partial charge in [-0.1, -0.05) is 0 Å². The van der Waals surface area contributed by atoms with Crippen molar-refractivity contribution in [1.29, 1.82) is 0 Å². The molecular formula is C4H12ClO8P. The predicted octanol–water partition coefficient (Wildman–Crippen LogP) is -6.92. The van der Waals surface area contributed by atoms with E-state index < -0.39 is 31.4 Å². The minimum absolute atomic E-state index is 0. The first-order valence-electron chi connectivity index (χ1n) is 3.10.